The fraction of sp³-hybridized carbons (Fsp3) is 0.600. The number of nitrogens with zero attached hydrogens (tertiary/aromatic N) is 1. The maximum absolute atomic E-state index is 9.94. The topological polar surface area (TPSA) is 41.9 Å². The van der Waals surface area contributed by atoms with E-state index in [9.17, 15) is 5.11 Å². The number of aliphatic hydroxyl groups is 1. The summed E-state index contributed by atoms with van der Waals surface area (Å²) in [6.45, 7) is 3.03. The highest BCUT2D eigenvalue weighted by Crippen LogP contribution is 2.18. The predicted octanol–water partition coefficient (Wildman–Crippen LogP) is 1.52. The molecule has 1 fully saturated rings. The number of hydrogen-bond acceptors (Lipinski definition) is 4. The largest absolute Gasteiger partial charge is 0.497 e. The minimum Gasteiger partial charge on any atom is -0.497 e. The standard InChI is InChI=1S/C15H23NO3/c1-16(10-13-11-19-7-6-15(13)17)9-12-4-3-5-14(8-12)18-2/h3-5,8,13,15,17H,6-7,9-11H2,1-2H3. The molecule has 106 valence electrons. The van der Waals surface area contributed by atoms with Gasteiger partial charge in [0.25, 0.3) is 0 Å². The van der Waals surface area contributed by atoms with Crippen molar-refractivity contribution >= 4 is 0 Å². The molecule has 1 aliphatic heterocycles. The van der Waals surface area contributed by atoms with E-state index in [2.05, 4.69) is 18.0 Å². The summed E-state index contributed by atoms with van der Waals surface area (Å²) in [6.07, 6.45) is 0.513. The van der Waals surface area contributed by atoms with Crippen molar-refractivity contribution in [3.8, 4) is 5.75 Å². The summed E-state index contributed by atoms with van der Waals surface area (Å²) in [5.41, 5.74) is 1.22. The fourth-order valence-electron chi connectivity index (χ4n) is 2.51. The van der Waals surface area contributed by atoms with Gasteiger partial charge in [-0.2, -0.15) is 0 Å². The number of ether oxygens (including phenoxy) is 2. The number of methoxy groups -OCH3 is 1. The SMILES string of the molecule is COc1cccc(CN(C)CC2COCCC2O)c1. The lowest BCUT2D eigenvalue weighted by molar-refractivity contribution is -0.0451. The van der Waals surface area contributed by atoms with Crippen LogP contribution in [0.2, 0.25) is 0 Å². The van der Waals surface area contributed by atoms with E-state index >= 15 is 0 Å². The van der Waals surface area contributed by atoms with Gasteiger partial charge in [0.1, 0.15) is 5.75 Å². The molecule has 1 N–H and O–H groups in total. The van der Waals surface area contributed by atoms with Crippen molar-refractivity contribution < 1.29 is 14.6 Å². The van der Waals surface area contributed by atoms with E-state index in [0.717, 1.165) is 25.3 Å². The predicted molar refractivity (Wildman–Crippen MR) is 74.3 cm³/mol. The van der Waals surface area contributed by atoms with Crippen LogP contribution in [0, 0.1) is 5.92 Å². The first-order chi connectivity index (χ1) is 9.19. The van der Waals surface area contributed by atoms with Crippen molar-refractivity contribution in [2.75, 3.05) is 33.9 Å². The molecule has 2 unspecified atom stereocenters. The monoisotopic (exact) mass is 265 g/mol. The molecule has 0 bridgehead atoms. The van der Waals surface area contributed by atoms with E-state index in [4.69, 9.17) is 9.47 Å². The zero-order valence-electron chi connectivity index (χ0n) is 11.7. The first kappa shape index (κ1) is 14.3. The second-order valence-electron chi connectivity index (χ2n) is 5.24. The zero-order chi connectivity index (χ0) is 13.7. The van der Waals surface area contributed by atoms with Gasteiger partial charge < -0.3 is 19.5 Å². The Labute approximate surface area is 114 Å². The molecule has 0 aromatic heterocycles. The third-order valence-corrected chi connectivity index (χ3v) is 3.57. The smallest absolute Gasteiger partial charge is 0.119 e. The van der Waals surface area contributed by atoms with Gasteiger partial charge in [-0.3, -0.25) is 0 Å². The summed E-state index contributed by atoms with van der Waals surface area (Å²) >= 11 is 0. The third-order valence-electron chi connectivity index (χ3n) is 3.57. The van der Waals surface area contributed by atoms with Crippen LogP contribution in [0.25, 0.3) is 0 Å². The normalized spacial score (nSPS) is 23.6. The molecular weight excluding hydrogens is 242 g/mol. The van der Waals surface area contributed by atoms with Crippen molar-refractivity contribution in [3.05, 3.63) is 29.8 Å². The van der Waals surface area contributed by atoms with Gasteiger partial charge in [0.15, 0.2) is 0 Å². The Morgan fingerprint density at radius 2 is 2.32 bits per heavy atom. The summed E-state index contributed by atoms with van der Waals surface area (Å²) in [5, 5.41) is 9.94. The van der Waals surface area contributed by atoms with Crippen LogP contribution in [0.3, 0.4) is 0 Å². The van der Waals surface area contributed by atoms with Crippen molar-refractivity contribution in [2.45, 2.75) is 19.1 Å². The van der Waals surface area contributed by atoms with E-state index in [1.807, 2.05) is 18.2 Å². The van der Waals surface area contributed by atoms with Crippen LogP contribution in [0.15, 0.2) is 24.3 Å². The van der Waals surface area contributed by atoms with Crippen LogP contribution in [0.1, 0.15) is 12.0 Å². The molecule has 4 nitrogen and oxygen atoms in total. The molecule has 1 aromatic carbocycles. The van der Waals surface area contributed by atoms with Crippen molar-refractivity contribution in [3.63, 3.8) is 0 Å². The van der Waals surface area contributed by atoms with Crippen LogP contribution >= 0.6 is 0 Å². The average Bonchev–Trinajstić information content (AvgIpc) is 2.41. The highest BCUT2D eigenvalue weighted by molar-refractivity contribution is 5.28. The van der Waals surface area contributed by atoms with E-state index in [1.165, 1.54) is 5.56 Å². The summed E-state index contributed by atoms with van der Waals surface area (Å²) in [7, 11) is 3.75. The molecule has 0 saturated carbocycles. The molecule has 2 atom stereocenters. The molecule has 0 aliphatic carbocycles. The summed E-state index contributed by atoms with van der Waals surface area (Å²) in [5.74, 6) is 1.09. The Morgan fingerprint density at radius 1 is 1.47 bits per heavy atom. The van der Waals surface area contributed by atoms with Crippen LogP contribution in [-0.4, -0.2) is 50.0 Å². The fourth-order valence-corrected chi connectivity index (χ4v) is 2.51. The molecule has 19 heavy (non-hydrogen) atoms. The Kier molecular flexibility index (Phi) is 5.19. The lowest BCUT2D eigenvalue weighted by Crippen LogP contribution is -2.39. The second kappa shape index (κ2) is 6.89. The summed E-state index contributed by atoms with van der Waals surface area (Å²) in [4.78, 5) is 2.22. The van der Waals surface area contributed by atoms with Gasteiger partial charge in [0.05, 0.1) is 19.8 Å². The molecule has 0 amide bonds. The van der Waals surface area contributed by atoms with E-state index < -0.39 is 0 Å². The first-order valence-corrected chi connectivity index (χ1v) is 6.76. The van der Waals surface area contributed by atoms with Gasteiger partial charge in [0, 0.05) is 25.6 Å². The zero-order valence-corrected chi connectivity index (χ0v) is 11.7. The van der Waals surface area contributed by atoms with Crippen molar-refractivity contribution in [1.29, 1.82) is 0 Å². The van der Waals surface area contributed by atoms with E-state index in [-0.39, 0.29) is 12.0 Å². The highest BCUT2D eigenvalue weighted by atomic mass is 16.5. The minimum atomic E-state index is -0.235. The van der Waals surface area contributed by atoms with Gasteiger partial charge in [-0.25, -0.2) is 0 Å². The van der Waals surface area contributed by atoms with Gasteiger partial charge >= 0.3 is 0 Å². The van der Waals surface area contributed by atoms with Crippen molar-refractivity contribution in [2.24, 2.45) is 5.92 Å². The van der Waals surface area contributed by atoms with Crippen LogP contribution in [0.4, 0.5) is 0 Å². The van der Waals surface area contributed by atoms with Gasteiger partial charge in [-0.05, 0) is 31.2 Å². The minimum absolute atomic E-state index is 0.212. The van der Waals surface area contributed by atoms with Gasteiger partial charge in [-0.15, -0.1) is 0 Å². The lowest BCUT2D eigenvalue weighted by atomic mass is 9.98. The number of aliphatic hydroxyl groups excluding tert-OH is 1. The first-order valence-electron chi connectivity index (χ1n) is 6.76. The van der Waals surface area contributed by atoms with Crippen LogP contribution in [0.5, 0.6) is 5.75 Å². The molecule has 0 spiro atoms. The number of rotatable bonds is 5. The second-order valence-corrected chi connectivity index (χ2v) is 5.24. The van der Waals surface area contributed by atoms with E-state index in [1.54, 1.807) is 7.11 Å². The van der Waals surface area contributed by atoms with E-state index in [0.29, 0.717) is 13.2 Å². The Balaban J connectivity index is 1.87. The molecule has 1 aliphatic rings. The van der Waals surface area contributed by atoms with Gasteiger partial charge in [0.2, 0.25) is 0 Å². The molecular formula is C15H23NO3. The lowest BCUT2D eigenvalue weighted by Gasteiger charge is -2.31. The Bertz CT molecular complexity index is 397. The Hall–Kier alpha value is -1.10. The maximum Gasteiger partial charge on any atom is 0.119 e. The van der Waals surface area contributed by atoms with Crippen LogP contribution in [-0.2, 0) is 11.3 Å². The third kappa shape index (κ3) is 4.20. The maximum atomic E-state index is 9.94. The average molecular weight is 265 g/mol. The number of hydrogen-bond donors (Lipinski definition) is 1. The quantitative estimate of drug-likeness (QED) is 0.876. The molecule has 1 heterocycles. The Morgan fingerprint density at radius 3 is 3.05 bits per heavy atom. The summed E-state index contributed by atoms with van der Waals surface area (Å²) < 4.78 is 10.7. The number of benzene rings is 1. The molecule has 0 radical (unpaired) electrons. The highest BCUT2D eigenvalue weighted by Gasteiger charge is 2.24. The molecule has 1 saturated heterocycles. The summed E-state index contributed by atoms with van der Waals surface area (Å²) in [6, 6.07) is 8.08. The van der Waals surface area contributed by atoms with Gasteiger partial charge in [-0.1, -0.05) is 12.1 Å². The molecule has 1 aromatic rings. The molecule has 4 heteroatoms. The van der Waals surface area contributed by atoms with Crippen molar-refractivity contribution in [1.82, 2.24) is 4.90 Å². The van der Waals surface area contributed by atoms with Crippen LogP contribution < -0.4 is 4.74 Å². The molecule has 2 rings (SSSR count).